The van der Waals surface area contributed by atoms with Gasteiger partial charge in [0, 0.05) is 19.3 Å². The fraction of sp³-hybridized carbons (Fsp3) is 0.500. The predicted molar refractivity (Wildman–Crippen MR) is 50.7 cm³/mol. The smallest absolute Gasteiger partial charge is 0.244 e. The van der Waals surface area contributed by atoms with Crippen LogP contribution in [-0.2, 0) is 0 Å². The monoisotopic (exact) mass is 198 g/mol. The molecule has 1 fully saturated rings. The molecule has 1 saturated heterocycles. The van der Waals surface area contributed by atoms with Crippen LogP contribution in [0.3, 0.4) is 0 Å². The number of anilines is 1. The third-order valence-electron chi connectivity index (χ3n) is 2.49. The Balaban J connectivity index is 1.96. The van der Waals surface area contributed by atoms with Gasteiger partial charge in [-0.2, -0.15) is 0 Å². The summed E-state index contributed by atoms with van der Waals surface area (Å²) in [5.41, 5.74) is 1.08. The van der Waals surface area contributed by atoms with Crippen LogP contribution in [0.25, 0.3) is 0 Å². The van der Waals surface area contributed by atoms with Crippen molar-refractivity contribution in [3.05, 3.63) is 23.9 Å². The van der Waals surface area contributed by atoms with Crippen LogP contribution in [0, 0.1) is 12.8 Å². The van der Waals surface area contributed by atoms with Crippen LogP contribution >= 0.6 is 0 Å². The summed E-state index contributed by atoms with van der Waals surface area (Å²) >= 11 is 0. The molecule has 2 rings (SSSR count). The Morgan fingerprint density at radius 2 is 2.14 bits per heavy atom. The van der Waals surface area contributed by atoms with E-state index in [9.17, 15) is 8.78 Å². The second kappa shape index (κ2) is 3.52. The zero-order valence-corrected chi connectivity index (χ0v) is 7.95. The molecule has 1 aliphatic rings. The third kappa shape index (κ3) is 1.69. The lowest BCUT2D eigenvalue weighted by molar-refractivity contribution is 0.0611. The maximum absolute atomic E-state index is 12.2. The summed E-state index contributed by atoms with van der Waals surface area (Å²) in [6, 6.07) is 3.81. The first kappa shape index (κ1) is 9.37. The lowest BCUT2D eigenvalue weighted by atomic mass is 10.0. The molecule has 0 bridgehead atoms. The van der Waals surface area contributed by atoms with Gasteiger partial charge in [0.1, 0.15) is 5.82 Å². The summed E-state index contributed by atoms with van der Waals surface area (Å²) in [4.78, 5) is 6.05. The maximum atomic E-state index is 12.2. The van der Waals surface area contributed by atoms with E-state index in [2.05, 4.69) is 4.98 Å². The van der Waals surface area contributed by atoms with E-state index in [1.807, 2.05) is 24.0 Å². The van der Waals surface area contributed by atoms with Crippen molar-refractivity contribution in [3.8, 4) is 0 Å². The van der Waals surface area contributed by atoms with E-state index in [0.29, 0.717) is 13.1 Å². The van der Waals surface area contributed by atoms with Gasteiger partial charge in [0.05, 0.1) is 5.92 Å². The van der Waals surface area contributed by atoms with Crippen molar-refractivity contribution >= 4 is 5.82 Å². The van der Waals surface area contributed by atoms with Crippen LogP contribution in [0.5, 0.6) is 0 Å². The zero-order valence-electron chi connectivity index (χ0n) is 7.95. The molecule has 0 amide bonds. The van der Waals surface area contributed by atoms with Gasteiger partial charge in [-0.25, -0.2) is 13.8 Å². The summed E-state index contributed by atoms with van der Waals surface area (Å²) in [7, 11) is 0. The van der Waals surface area contributed by atoms with Crippen molar-refractivity contribution in [2.24, 2.45) is 5.92 Å². The zero-order chi connectivity index (χ0) is 10.1. The fourth-order valence-electron chi connectivity index (χ4n) is 1.51. The summed E-state index contributed by atoms with van der Waals surface area (Å²) in [6.45, 7) is 2.80. The first-order valence-electron chi connectivity index (χ1n) is 4.62. The van der Waals surface area contributed by atoms with Crippen molar-refractivity contribution in [2.45, 2.75) is 13.3 Å². The number of rotatable bonds is 2. The Morgan fingerprint density at radius 3 is 2.64 bits per heavy atom. The number of aryl methyl sites for hydroxylation is 1. The molecule has 0 N–H and O–H groups in total. The van der Waals surface area contributed by atoms with Crippen LogP contribution in [-0.4, -0.2) is 24.5 Å². The summed E-state index contributed by atoms with van der Waals surface area (Å²) < 4.78 is 24.4. The second-order valence-corrected chi connectivity index (χ2v) is 3.69. The largest absolute Gasteiger partial charge is 0.355 e. The number of halogens is 2. The molecule has 0 saturated carbocycles. The molecule has 0 unspecified atom stereocenters. The lowest BCUT2D eigenvalue weighted by Gasteiger charge is -2.39. The van der Waals surface area contributed by atoms with Crippen LogP contribution < -0.4 is 4.90 Å². The highest BCUT2D eigenvalue weighted by Crippen LogP contribution is 2.26. The number of nitrogens with zero attached hydrogens (tertiary/aromatic N) is 2. The van der Waals surface area contributed by atoms with E-state index < -0.39 is 12.3 Å². The van der Waals surface area contributed by atoms with E-state index in [0.717, 1.165) is 11.4 Å². The Hall–Kier alpha value is -1.19. The molecule has 2 nitrogen and oxygen atoms in total. The van der Waals surface area contributed by atoms with Gasteiger partial charge in [-0.3, -0.25) is 0 Å². The molecule has 0 atom stereocenters. The highest BCUT2D eigenvalue weighted by atomic mass is 19.3. The van der Waals surface area contributed by atoms with Gasteiger partial charge >= 0.3 is 0 Å². The number of hydrogen-bond acceptors (Lipinski definition) is 2. The van der Waals surface area contributed by atoms with Gasteiger partial charge in [-0.1, -0.05) is 6.07 Å². The average molecular weight is 198 g/mol. The quantitative estimate of drug-likeness (QED) is 0.723. The van der Waals surface area contributed by atoms with Crippen LogP contribution in [0.2, 0.25) is 0 Å². The SMILES string of the molecule is Cc1ccc(N2CC(C(F)F)C2)nc1. The lowest BCUT2D eigenvalue weighted by Crippen LogP contribution is -2.50. The Kier molecular flexibility index (Phi) is 2.35. The van der Waals surface area contributed by atoms with Gasteiger partial charge in [-0.05, 0) is 18.6 Å². The Labute approximate surface area is 81.6 Å². The molecule has 76 valence electrons. The molecular formula is C10H12F2N2. The van der Waals surface area contributed by atoms with Crippen molar-refractivity contribution in [2.75, 3.05) is 18.0 Å². The topological polar surface area (TPSA) is 16.1 Å². The molecule has 0 aromatic carbocycles. The van der Waals surface area contributed by atoms with E-state index in [1.54, 1.807) is 6.20 Å². The fourth-order valence-corrected chi connectivity index (χ4v) is 1.51. The van der Waals surface area contributed by atoms with Gasteiger partial charge < -0.3 is 4.90 Å². The van der Waals surface area contributed by atoms with Gasteiger partial charge in [0.25, 0.3) is 0 Å². The van der Waals surface area contributed by atoms with Gasteiger partial charge in [0.2, 0.25) is 6.43 Å². The maximum Gasteiger partial charge on any atom is 0.244 e. The van der Waals surface area contributed by atoms with Crippen LogP contribution in [0.4, 0.5) is 14.6 Å². The van der Waals surface area contributed by atoms with E-state index in [4.69, 9.17) is 0 Å². The molecule has 1 aromatic heterocycles. The number of alkyl halides is 2. The molecule has 14 heavy (non-hydrogen) atoms. The molecule has 2 heterocycles. The molecule has 0 radical (unpaired) electrons. The molecular weight excluding hydrogens is 186 g/mol. The minimum atomic E-state index is -2.20. The predicted octanol–water partition coefficient (Wildman–Crippen LogP) is 2.09. The molecule has 0 aliphatic carbocycles. The minimum absolute atomic E-state index is 0.424. The number of hydrogen-bond donors (Lipinski definition) is 0. The Morgan fingerprint density at radius 1 is 1.43 bits per heavy atom. The number of aromatic nitrogens is 1. The van der Waals surface area contributed by atoms with E-state index in [1.165, 1.54) is 0 Å². The highest BCUT2D eigenvalue weighted by molar-refractivity contribution is 5.42. The van der Waals surface area contributed by atoms with Crippen molar-refractivity contribution in [1.82, 2.24) is 4.98 Å². The normalized spacial score (nSPS) is 17.3. The highest BCUT2D eigenvalue weighted by Gasteiger charge is 2.34. The van der Waals surface area contributed by atoms with Crippen LogP contribution in [0.15, 0.2) is 18.3 Å². The summed E-state index contributed by atoms with van der Waals surface area (Å²) in [5, 5.41) is 0. The molecule has 1 aromatic rings. The first-order valence-corrected chi connectivity index (χ1v) is 4.62. The molecule has 1 aliphatic heterocycles. The van der Waals surface area contributed by atoms with Crippen molar-refractivity contribution in [3.63, 3.8) is 0 Å². The van der Waals surface area contributed by atoms with Gasteiger partial charge in [0.15, 0.2) is 0 Å². The molecule has 4 heteroatoms. The standard InChI is InChI=1S/C10H12F2N2/c1-7-2-3-9(13-4-7)14-5-8(6-14)10(11)12/h2-4,8,10H,5-6H2,1H3. The van der Waals surface area contributed by atoms with E-state index >= 15 is 0 Å². The van der Waals surface area contributed by atoms with Crippen molar-refractivity contribution < 1.29 is 8.78 Å². The van der Waals surface area contributed by atoms with E-state index in [-0.39, 0.29) is 0 Å². The first-order chi connectivity index (χ1) is 6.66. The van der Waals surface area contributed by atoms with Crippen molar-refractivity contribution in [1.29, 1.82) is 0 Å². The number of pyridine rings is 1. The second-order valence-electron chi connectivity index (χ2n) is 3.69. The summed E-state index contributed by atoms with van der Waals surface area (Å²) in [6.07, 6.45) is -0.443. The van der Waals surface area contributed by atoms with Crippen LogP contribution in [0.1, 0.15) is 5.56 Å². The summed E-state index contributed by atoms with van der Waals surface area (Å²) in [5.74, 6) is 0.325. The molecule has 0 spiro atoms. The third-order valence-corrected chi connectivity index (χ3v) is 2.49. The average Bonchev–Trinajstić information content (AvgIpc) is 2.05. The van der Waals surface area contributed by atoms with Gasteiger partial charge in [-0.15, -0.1) is 0 Å². The Bertz CT molecular complexity index is 304. The minimum Gasteiger partial charge on any atom is -0.355 e.